The summed E-state index contributed by atoms with van der Waals surface area (Å²) >= 11 is 7.82. The highest BCUT2D eigenvalue weighted by Crippen LogP contribution is 2.32. The standard InChI is InChI=1S/C15H12ClNOS/c1-2-18-12-7-5-11(6-8-12)15(16)13(10-17)14-4-3-9-19-14/h3-9H,2H2,1H3. The number of hydrogen-bond donors (Lipinski definition) is 0. The molecular formula is C15H12ClNOS. The minimum atomic E-state index is 0.466. The van der Waals surface area contributed by atoms with Gasteiger partial charge in [0, 0.05) is 4.88 Å². The fourth-order valence-corrected chi connectivity index (χ4v) is 2.69. The van der Waals surface area contributed by atoms with Crippen LogP contribution in [0.25, 0.3) is 10.6 Å². The molecule has 0 unspecified atom stereocenters. The second-order valence-corrected chi connectivity index (χ2v) is 5.06. The van der Waals surface area contributed by atoms with E-state index in [1.807, 2.05) is 48.7 Å². The molecule has 1 heterocycles. The highest BCUT2D eigenvalue weighted by molar-refractivity contribution is 7.11. The Morgan fingerprint density at radius 3 is 2.58 bits per heavy atom. The fourth-order valence-electron chi connectivity index (χ4n) is 1.64. The Balaban J connectivity index is 2.37. The van der Waals surface area contributed by atoms with Crippen molar-refractivity contribution in [2.24, 2.45) is 0 Å². The van der Waals surface area contributed by atoms with E-state index in [9.17, 15) is 5.26 Å². The molecule has 2 nitrogen and oxygen atoms in total. The molecule has 4 heteroatoms. The van der Waals surface area contributed by atoms with Gasteiger partial charge in [0.05, 0.1) is 17.2 Å². The predicted octanol–water partition coefficient (Wildman–Crippen LogP) is 4.78. The van der Waals surface area contributed by atoms with Gasteiger partial charge in [0.25, 0.3) is 0 Å². The molecule has 0 atom stereocenters. The molecule has 0 aliphatic rings. The zero-order valence-electron chi connectivity index (χ0n) is 10.4. The second-order valence-electron chi connectivity index (χ2n) is 3.74. The fraction of sp³-hybridized carbons (Fsp3) is 0.133. The third-order valence-electron chi connectivity index (χ3n) is 2.52. The summed E-state index contributed by atoms with van der Waals surface area (Å²) < 4.78 is 5.38. The van der Waals surface area contributed by atoms with Gasteiger partial charge in [0.2, 0.25) is 0 Å². The van der Waals surface area contributed by atoms with Crippen LogP contribution in [0, 0.1) is 11.3 Å². The summed E-state index contributed by atoms with van der Waals surface area (Å²) in [5.41, 5.74) is 1.32. The van der Waals surface area contributed by atoms with Crippen LogP contribution in [0.1, 0.15) is 17.4 Å². The molecule has 0 bridgehead atoms. The van der Waals surface area contributed by atoms with Gasteiger partial charge < -0.3 is 4.74 Å². The molecule has 0 saturated carbocycles. The molecular weight excluding hydrogens is 278 g/mol. The Morgan fingerprint density at radius 2 is 2.05 bits per heavy atom. The lowest BCUT2D eigenvalue weighted by Crippen LogP contribution is -1.91. The minimum absolute atomic E-state index is 0.466. The number of thiophene rings is 1. The van der Waals surface area contributed by atoms with Crippen molar-refractivity contribution in [3.8, 4) is 11.8 Å². The number of nitrogens with zero attached hydrogens (tertiary/aromatic N) is 1. The van der Waals surface area contributed by atoms with Crippen molar-refractivity contribution >= 4 is 33.5 Å². The zero-order valence-corrected chi connectivity index (χ0v) is 12.0. The van der Waals surface area contributed by atoms with Crippen LogP contribution < -0.4 is 4.74 Å². The average Bonchev–Trinajstić information content (AvgIpc) is 2.95. The maximum atomic E-state index is 9.26. The van der Waals surface area contributed by atoms with Gasteiger partial charge in [-0.3, -0.25) is 0 Å². The van der Waals surface area contributed by atoms with Gasteiger partial charge >= 0.3 is 0 Å². The van der Waals surface area contributed by atoms with E-state index in [1.54, 1.807) is 0 Å². The minimum Gasteiger partial charge on any atom is -0.494 e. The van der Waals surface area contributed by atoms with Crippen molar-refractivity contribution in [3.05, 3.63) is 52.2 Å². The van der Waals surface area contributed by atoms with Gasteiger partial charge in [-0.25, -0.2) is 0 Å². The summed E-state index contributed by atoms with van der Waals surface area (Å²) in [7, 11) is 0. The summed E-state index contributed by atoms with van der Waals surface area (Å²) in [4.78, 5) is 0.876. The summed E-state index contributed by atoms with van der Waals surface area (Å²) in [6.07, 6.45) is 0. The molecule has 96 valence electrons. The summed E-state index contributed by atoms with van der Waals surface area (Å²) in [5.74, 6) is 0.797. The first-order valence-corrected chi connectivity index (χ1v) is 7.09. The molecule has 2 rings (SSSR count). The number of nitriles is 1. The number of allylic oxidation sites excluding steroid dienone is 1. The lowest BCUT2D eigenvalue weighted by Gasteiger charge is -2.05. The normalized spacial score (nSPS) is 11.6. The van der Waals surface area contributed by atoms with Crippen molar-refractivity contribution in [1.82, 2.24) is 0 Å². The Bertz CT molecular complexity index is 609. The van der Waals surface area contributed by atoms with Gasteiger partial charge in [0.1, 0.15) is 11.8 Å². The summed E-state index contributed by atoms with van der Waals surface area (Å²) in [5, 5.41) is 11.6. The number of benzene rings is 1. The predicted molar refractivity (Wildman–Crippen MR) is 80.2 cm³/mol. The van der Waals surface area contributed by atoms with Gasteiger partial charge in [-0.2, -0.15) is 5.26 Å². The van der Waals surface area contributed by atoms with E-state index in [0.29, 0.717) is 17.2 Å². The molecule has 0 spiro atoms. The van der Waals surface area contributed by atoms with Crippen LogP contribution in [0.5, 0.6) is 5.75 Å². The molecule has 0 saturated heterocycles. The highest BCUT2D eigenvalue weighted by Gasteiger charge is 2.10. The van der Waals surface area contributed by atoms with Gasteiger partial charge in [-0.15, -0.1) is 11.3 Å². The van der Waals surface area contributed by atoms with Crippen LogP contribution in [0.3, 0.4) is 0 Å². The Hall–Kier alpha value is -1.76. The van der Waals surface area contributed by atoms with Gasteiger partial charge in [-0.1, -0.05) is 17.7 Å². The lowest BCUT2D eigenvalue weighted by atomic mass is 10.1. The second kappa shape index (κ2) is 6.42. The maximum absolute atomic E-state index is 9.26. The van der Waals surface area contributed by atoms with E-state index in [1.165, 1.54) is 11.3 Å². The van der Waals surface area contributed by atoms with Crippen molar-refractivity contribution in [3.63, 3.8) is 0 Å². The smallest absolute Gasteiger partial charge is 0.119 e. The molecule has 1 aromatic carbocycles. The number of rotatable bonds is 4. The Kier molecular flexibility index (Phi) is 4.62. The molecule has 0 aliphatic carbocycles. The number of hydrogen-bond acceptors (Lipinski definition) is 3. The Morgan fingerprint density at radius 1 is 1.32 bits per heavy atom. The molecule has 0 radical (unpaired) electrons. The van der Waals surface area contributed by atoms with E-state index >= 15 is 0 Å². The first-order chi connectivity index (χ1) is 9.26. The molecule has 0 N–H and O–H groups in total. The third kappa shape index (κ3) is 3.17. The van der Waals surface area contributed by atoms with E-state index in [4.69, 9.17) is 16.3 Å². The van der Waals surface area contributed by atoms with Crippen molar-refractivity contribution in [2.75, 3.05) is 6.61 Å². The van der Waals surface area contributed by atoms with E-state index in [2.05, 4.69) is 6.07 Å². The van der Waals surface area contributed by atoms with Crippen LogP contribution in [-0.2, 0) is 0 Å². The molecule has 1 aromatic heterocycles. The van der Waals surface area contributed by atoms with Gasteiger partial charge in [0.15, 0.2) is 0 Å². The zero-order chi connectivity index (χ0) is 13.7. The molecule has 0 amide bonds. The first-order valence-electron chi connectivity index (χ1n) is 5.83. The quantitative estimate of drug-likeness (QED) is 0.759. The summed E-state index contributed by atoms with van der Waals surface area (Å²) in [6, 6.07) is 13.4. The number of halogens is 1. The number of ether oxygens (including phenoxy) is 1. The highest BCUT2D eigenvalue weighted by atomic mass is 35.5. The van der Waals surface area contributed by atoms with E-state index < -0.39 is 0 Å². The van der Waals surface area contributed by atoms with E-state index in [-0.39, 0.29) is 0 Å². The maximum Gasteiger partial charge on any atom is 0.119 e. The molecule has 0 fully saturated rings. The molecule has 2 aromatic rings. The lowest BCUT2D eigenvalue weighted by molar-refractivity contribution is 0.340. The average molecular weight is 290 g/mol. The van der Waals surface area contributed by atoms with Crippen LogP contribution in [-0.4, -0.2) is 6.61 Å². The van der Waals surface area contributed by atoms with Crippen LogP contribution >= 0.6 is 22.9 Å². The summed E-state index contributed by atoms with van der Waals surface area (Å²) in [6.45, 7) is 2.56. The van der Waals surface area contributed by atoms with Gasteiger partial charge in [-0.05, 0) is 48.2 Å². The van der Waals surface area contributed by atoms with Crippen LogP contribution in [0.4, 0.5) is 0 Å². The SMILES string of the molecule is CCOc1ccc(C(Cl)=C(C#N)c2cccs2)cc1. The van der Waals surface area contributed by atoms with Crippen LogP contribution in [0.15, 0.2) is 41.8 Å². The molecule has 0 aliphatic heterocycles. The van der Waals surface area contributed by atoms with E-state index in [0.717, 1.165) is 16.2 Å². The topological polar surface area (TPSA) is 33.0 Å². The third-order valence-corrected chi connectivity index (χ3v) is 3.81. The van der Waals surface area contributed by atoms with Crippen LogP contribution in [0.2, 0.25) is 0 Å². The van der Waals surface area contributed by atoms with Crippen molar-refractivity contribution in [1.29, 1.82) is 5.26 Å². The molecule has 19 heavy (non-hydrogen) atoms. The van der Waals surface area contributed by atoms with Crippen molar-refractivity contribution in [2.45, 2.75) is 6.92 Å². The Labute approximate surface area is 121 Å². The van der Waals surface area contributed by atoms with Crippen molar-refractivity contribution < 1.29 is 4.74 Å². The monoisotopic (exact) mass is 289 g/mol. The first kappa shape index (κ1) is 13.7. The largest absolute Gasteiger partial charge is 0.494 e.